The molecule has 23 heavy (non-hydrogen) atoms. The minimum absolute atomic E-state index is 0.135. The van der Waals surface area contributed by atoms with Crippen LogP contribution in [-0.4, -0.2) is 30.2 Å². The zero-order chi connectivity index (χ0) is 16.2. The second-order valence-electron chi connectivity index (χ2n) is 5.79. The fourth-order valence-corrected chi connectivity index (χ4v) is 2.65. The Hall–Kier alpha value is -2.33. The van der Waals surface area contributed by atoms with E-state index in [1.807, 2.05) is 49.4 Å². The zero-order valence-corrected chi connectivity index (χ0v) is 13.1. The van der Waals surface area contributed by atoms with Crippen LogP contribution in [0, 0.1) is 6.92 Å². The van der Waals surface area contributed by atoms with Crippen LogP contribution in [0.1, 0.15) is 27.9 Å². The Balaban J connectivity index is 1.52. The predicted octanol–water partition coefficient (Wildman–Crippen LogP) is 2.94. The number of carbonyl (C=O) groups is 1. The second-order valence-corrected chi connectivity index (χ2v) is 5.79. The van der Waals surface area contributed by atoms with Gasteiger partial charge in [0.1, 0.15) is 30.8 Å². The maximum absolute atomic E-state index is 11.7. The Kier molecular flexibility index (Phi) is 4.63. The lowest BCUT2D eigenvalue weighted by Crippen LogP contribution is -2.25. The third kappa shape index (κ3) is 3.71. The summed E-state index contributed by atoms with van der Waals surface area (Å²) in [6.45, 7) is 2.31. The highest BCUT2D eigenvalue weighted by Crippen LogP contribution is 2.30. The highest BCUT2D eigenvalue weighted by molar-refractivity contribution is 6.01. The first-order valence-electron chi connectivity index (χ1n) is 7.79. The molecule has 2 aromatic carbocycles. The molecule has 0 saturated carbocycles. The number of hydrogen-bond acceptors (Lipinski definition) is 4. The summed E-state index contributed by atoms with van der Waals surface area (Å²) in [7, 11) is 0. The van der Waals surface area contributed by atoms with Gasteiger partial charge < -0.3 is 14.6 Å². The molecular weight excluding hydrogens is 292 g/mol. The quantitative estimate of drug-likeness (QED) is 0.891. The van der Waals surface area contributed by atoms with Gasteiger partial charge in [0, 0.05) is 17.5 Å². The molecule has 4 heteroatoms. The zero-order valence-electron chi connectivity index (χ0n) is 13.1. The minimum Gasteiger partial charge on any atom is -0.491 e. The van der Waals surface area contributed by atoms with Gasteiger partial charge in [0.25, 0.3) is 0 Å². The van der Waals surface area contributed by atoms with Gasteiger partial charge in [-0.1, -0.05) is 29.8 Å². The third-order valence-corrected chi connectivity index (χ3v) is 3.93. The van der Waals surface area contributed by atoms with Crippen LogP contribution in [0.3, 0.4) is 0 Å². The van der Waals surface area contributed by atoms with Crippen LogP contribution in [-0.2, 0) is 6.42 Å². The molecule has 1 atom stereocenters. The van der Waals surface area contributed by atoms with E-state index < -0.39 is 6.10 Å². The van der Waals surface area contributed by atoms with Gasteiger partial charge in [-0.25, -0.2) is 0 Å². The van der Waals surface area contributed by atoms with Crippen molar-refractivity contribution in [2.45, 2.75) is 25.9 Å². The van der Waals surface area contributed by atoms with Gasteiger partial charge in [0.15, 0.2) is 5.78 Å². The maximum Gasteiger partial charge on any atom is 0.163 e. The average molecular weight is 312 g/mol. The van der Waals surface area contributed by atoms with E-state index in [0.29, 0.717) is 18.6 Å². The van der Waals surface area contributed by atoms with Crippen molar-refractivity contribution in [2.24, 2.45) is 0 Å². The van der Waals surface area contributed by atoms with Crippen LogP contribution in [0.4, 0.5) is 0 Å². The Morgan fingerprint density at radius 1 is 1.04 bits per heavy atom. The molecule has 1 aliphatic carbocycles. The van der Waals surface area contributed by atoms with E-state index in [0.717, 1.165) is 22.4 Å². The van der Waals surface area contributed by atoms with Gasteiger partial charge in [-0.05, 0) is 31.5 Å². The first-order chi connectivity index (χ1) is 11.1. The monoisotopic (exact) mass is 312 g/mol. The van der Waals surface area contributed by atoms with E-state index in [2.05, 4.69) is 0 Å². The molecule has 0 fully saturated rings. The van der Waals surface area contributed by atoms with Gasteiger partial charge in [0.2, 0.25) is 0 Å². The number of aliphatic hydroxyl groups excluding tert-OH is 1. The van der Waals surface area contributed by atoms with Gasteiger partial charge in [0.05, 0.1) is 0 Å². The summed E-state index contributed by atoms with van der Waals surface area (Å²) < 4.78 is 11.2. The molecule has 0 saturated heterocycles. The Labute approximate surface area is 135 Å². The number of ketones is 1. The summed E-state index contributed by atoms with van der Waals surface area (Å²) in [5.41, 5.74) is 2.85. The van der Waals surface area contributed by atoms with E-state index in [4.69, 9.17) is 9.47 Å². The van der Waals surface area contributed by atoms with E-state index in [1.165, 1.54) is 0 Å². The summed E-state index contributed by atoms with van der Waals surface area (Å²) in [6, 6.07) is 13.1. The van der Waals surface area contributed by atoms with Crippen LogP contribution in [0.5, 0.6) is 11.5 Å². The Bertz CT molecular complexity index is 691. The molecule has 120 valence electrons. The molecule has 0 spiro atoms. The molecular formula is C19H20O4. The van der Waals surface area contributed by atoms with Crippen molar-refractivity contribution >= 4 is 5.78 Å². The second kappa shape index (κ2) is 6.84. The summed E-state index contributed by atoms with van der Waals surface area (Å²) in [5.74, 6) is 1.57. The normalized spacial score (nSPS) is 14.4. The van der Waals surface area contributed by atoms with Gasteiger partial charge in [-0.3, -0.25) is 4.79 Å². The van der Waals surface area contributed by atoms with Gasteiger partial charge in [-0.2, -0.15) is 0 Å². The lowest BCUT2D eigenvalue weighted by atomic mass is 10.1. The lowest BCUT2D eigenvalue weighted by Gasteiger charge is -2.15. The Morgan fingerprint density at radius 3 is 2.57 bits per heavy atom. The molecule has 4 nitrogen and oxygen atoms in total. The van der Waals surface area contributed by atoms with Crippen molar-refractivity contribution in [2.75, 3.05) is 13.2 Å². The van der Waals surface area contributed by atoms with Crippen LogP contribution >= 0.6 is 0 Å². The predicted molar refractivity (Wildman–Crippen MR) is 87.3 cm³/mol. The van der Waals surface area contributed by atoms with Gasteiger partial charge in [-0.15, -0.1) is 0 Å². The maximum atomic E-state index is 11.7. The SMILES string of the molecule is Cc1ccc(OCC(O)COc2cccc3c2CCC3=O)cc1. The van der Waals surface area contributed by atoms with E-state index in [1.54, 1.807) is 0 Å². The summed E-state index contributed by atoms with van der Waals surface area (Å²) in [6.07, 6.45) is 0.513. The van der Waals surface area contributed by atoms with Crippen LogP contribution < -0.4 is 9.47 Å². The smallest absolute Gasteiger partial charge is 0.163 e. The topological polar surface area (TPSA) is 55.8 Å². The van der Waals surface area contributed by atoms with E-state index in [-0.39, 0.29) is 19.0 Å². The molecule has 2 aromatic rings. The Morgan fingerprint density at radius 2 is 1.78 bits per heavy atom. The minimum atomic E-state index is -0.732. The van der Waals surface area contributed by atoms with Gasteiger partial charge >= 0.3 is 0 Å². The first kappa shape index (κ1) is 15.6. The molecule has 1 N–H and O–H groups in total. The summed E-state index contributed by atoms with van der Waals surface area (Å²) >= 11 is 0. The lowest BCUT2D eigenvalue weighted by molar-refractivity contribution is 0.0623. The van der Waals surface area contributed by atoms with Crippen molar-refractivity contribution in [3.63, 3.8) is 0 Å². The van der Waals surface area contributed by atoms with Crippen LogP contribution in [0.15, 0.2) is 42.5 Å². The number of carbonyl (C=O) groups excluding carboxylic acids is 1. The first-order valence-corrected chi connectivity index (χ1v) is 7.79. The third-order valence-electron chi connectivity index (χ3n) is 3.93. The standard InChI is InChI=1S/C19H20O4/c1-13-5-7-15(8-6-13)22-11-14(20)12-23-19-4-2-3-16-17(19)9-10-18(16)21/h2-8,14,20H,9-12H2,1H3. The molecule has 0 bridgehead atoms. The number of hydrogen-bond donors (Lipinski definition) is 1. The van der Waals surface area contributed by atoms with Crippen LogP contribution in [0.2, 0.25) is 0 Å². The molecule has 1 unspecified atom stereocenters. The number of ether oxygens (including phenoxy) is 2. The average Bonchev–Trinajstić information content (AvgIpc) is 2.94. The highest BCUT2D eigenvalue weighted by atomic mass is 16.5. The van der Waals surface area contributed by atoms with Crippen molar-refractivity contribution in [3.05, 3.63) is 59.2 Å². The summed E-state index contributed by atoms with van der Waals surface area (Å²) in [4.78, 5) is 11.7. The largest absolute Gasteiger partial charge is 0.491 e. The number of benzene rings is 2. The number of fused-ring (bicyclic) bond motifs is 1. The highest BCUT2D eigenvalue weighted by Gasteiger charge is 2.22. The number of aliphatic hydroxyl groups is 1. The van der Waals surface area contributed by atoms with Crippen LogP contribution in [0.25, 0.3) is 0 Å². The number of Topliss-reactive ketones (excluding diaryl/α,β-unsaturated/α-hetero) is 1. The van der Waals surface area contributed by atoms with E-state index >= 15 is 0 Å². The van der Waals surface area contributed by atoms with Crippen molar-refractivity contribution in [1.82, 2.24) is 0 Å². The van der Waals surface area contributed by atoms with Crippen molar-refractivity contribution in [1.29, 1.82) is 0 Å². The molecule has 0 radical (unpaired) electrons. The molecule has 0 amide bonds. The fourth-order valence-electron chi connectivity index (χ4n) is 2.65. The van der Waals surface area contributed by atoms with Crippen molar-refractivity contribution in [3.8, 4) is 11.5 Å². The van der Waals surface area contributed by atoms with Crippen molar-refractivity contribution < 1.29 is 19.4 Å². The molecule has 3 rings (SSSR count). The summed E-state index contributed by atoms with van der Waals surface area (Å²) in [5, 5.41) is 10.0. The number of aryl methyl sites for hydroxylation is 1. The molecule has 0 heterocycles. The number of rotatable bonds is 6. The molecule has 1 aliphatic rings. The fraction of sp³-hybridized carbons (Fsp3) is 0.316. The van der Waals surface area contributed by atoms with E-state index in [9.17, 15) is 9.90 Å². The molecule has 0 aromatic heterocycles. The molecule has 0 aliphatic heterocycles.